The van der Waals surface area contributed by atoms with Gasteiger partial charge in [0.2, 0.25) is 0 Å². The third kappa shape index (κ3) is 4.31. The predicted molar refractivity (Wildman–Crippen MR) is 80.4 cm³/mol. The van der Waals surface area contributed by atoms with Crippen LogP contribution in [0.2, 0.25) is 0 Å². The van der Waals surface area contributed by atoms with E-state index in [2.05, 4.69) is 34.6 Å². The zero-order valence-electron chi connectivity index (χ0n) is 12.3. The molecule has 0 radical (unpaired) electrons. The predicted octanol–water partition coefficient (Wildman–Crippen LogP) is 1.85. The Labute approximate surface area is 120 Å². The van der Waals surface area contributed by atoms with E-state index in [-0.39, 0.29) is 12.0 Å². The van der Waals surface area contributed by atoms with Crippen LogP contribution in [0.5, 0.6) is 0 Å². The second kappa shape index (κ2) is 6.37. The lowest BCUT2D eigenvalue weighted by molar-refractivity contribution is 0.248. The van der Waals surface area contributed by atoms with Crippen molar-refractivity contribution in [2.75, 3.05) is 23.9 Å². The molecular formula is C14H25N5O. The van der Waals surface area contributed by atoms with Gasteiger partial charge in [0.1, 0.15) is 17.5 Å². The molecule has 0 unspecified atom stereocenters. The van der Waals surface area contributed by atoms with Crippen molar-refractivity contribution in [1.82, 2.24) is 9.97 Å². The van der Waals surface area contributed by atoms with E-state index in [4.69, 9.17) is 10.9 Å². The number of aliphatic hydroxyl groups is 1. The van der Waals surface area contributed by atoms with Gasteiger partial charge >= 0.3 is 0 Å². The highest BCUT2D eigenvalue weighted by Crippen LogP contribution is 2.38. The first-order valence-electron chi connectivity index (χ1n) is 7.24. The summed E-state index contributed by atoms with van der Waals surface area (Å²) < 4.78 is 0. The standard InChI is InChI=1S/C14H25N5O/c1-14(2,6-3-7-20)9-16-11-8-12(19-15)18-13(17-11)10-4-5-10/h8,10,20H,3-7,9,15H2,1-2H3,(H2,16,17,18,19). The molecule has 1 heterocycles. The summed E-state index contributed by atoms with van der Waals surface area (Å²) in [4.78, 5) is 8.95. The summed E-state index contributed by atoms with van der Waals surface area (Å²) in [6, 6.07) is 1.83. The second-order valence-electron chi connectivity index (χ2n) is 6.26. The minimum Gasteiger partial charge on any atom is -0.396 e. The molecule has 0 spiro atoms. The summed E-state index contributed by atoms with van der Waals surface area (Å²) in [6.45, 7) is 5.41. The van der Waals surface area contributed by atoms with Crippen molar-refractivity contribution in [3.05, 3.63) is 11.9 Å². The highest BCUT2D eigenvalue weighted by molar-refractivity contribution is 5.47. The van der Waals surface area contributed by atoms with E-state index in [9.17, 15) is 0 Å². The number of anilines is 2. The van der Waals surface area contributed by atoms with E-state index in [1.165, 1.54) is 0 Å². The van der Waals surface area contributed by atoms with Gasteiger partial charge in [0, 0.05) is 25.1 Å². The molecular weight excluding hydrogens is 254 g/mol. The van der Waals surface area contributed by atoms with Gasteiger partial charge in [-0.25, -0.2) is 15.8 Å². The summed E-state index contributed by atoms with van der Waals surface area (Å²) in [6.07, 6.45) is 4.12. The highest BCUT2D eigenvalue weighted by atomic mass is 16.2. The van der Waals surface area contributed by atoms with E-state index in [1.807, 2.05) is 6.07 Å². The van der Waals surface area contributed by atoms with Gasteiger partial charge in [0.05, 0.1) is 0 Å². The Morgan fingerprint density at radius 3 is 2.65 bits per heavy atom. The lowest BCUT2D eigenvalue weighted by Gasteiger charge is -2.25. The number of hydrazine groups is 1. The van der Waals surface area contributed by atoms with E-state index in [1.54, 1.807) is 0 Å². The van der Waals surface area contributed by atoms with Gasteiger partial charge in [-0.2, -0.15) is 0 Å². The Balaban J connectivity index is 1.99. The van der Waals surface area contributed by atoms with Crippen molar-refractivity contribution < 1.29 is 5.11 Å². The van der Waals surface area contributed by atoms with Gasteiger partial charge in [-0.3, -0.25) is 0 Å². The summed E-state index contributed by atoms with van der Waals surface area (Å²) in [7, 11) is 0. The third-order valence-corrected chi connectivity index (χ3v) is 3.59. The molecule has 1 aromatic rings. The molecule has 1 aromatic heterocycles. The molecule has 5 N–H and O–H groups in total. The molecule has 0 bridgehead atoms. The van der Waals surface area contributed by atoms with Crippen molar-refractivity contribution >= 4 is 11.6 Å². The molecule has 1 saturated carbocycles. The van der Waals surface area contributed by atoms with E-state index >= 15 is 0 Å². The van der Waals surface area contributed by atoms with Crippen molar-refractivity contribution in [2.45, 2.75) is 45.4 Å². The maximum absolute atomic E-state index is 8.92. The van der Waals surface area contributed by atoms with Crippen LogP contribution in [0.4, 0.5) is 11.6 Å². The van der Waals surface area contributed by atoms with Crippen LogP contribution >= 0.6 is 0 Å². The van der Waals surface area contributed by atoms with Gasteiger partial charge < -0.3 is 15.8 Å². The SMILES string of the molecule is CC(C)(CCCO)CNc1cc(NN)nc(C2CC2)n1. The molecule has 20 heavy (non-hydrogen) atoms. The molecule has 1 aliphatic rings. The maximum atomic E-state index is 8.92. The molecule has 6 heteroatoms. The number of aliphatic hydroxyl groups excluding tert-OH is 1. The molecule has 0 saturated heterocycles. The molecule has 6 nitrogen and oxygen atoms in total. The summed E-state index contributed by atoms with van der Waals surface area (Å²) in [5.41, 5.74) is 2.71. The van der Waals surface area contributed by atoms with Crippen molar-refractivity contribution in [2.24, 2.45) is 11.3 Å². The zero-order valence-corrected chi connectivity index (χ0v) is 12.3. The number of hydrogen-bond acceptors (Lipinski definition) is 6. The highest BCUT2D eigenvalue weighted by Gasteiger charge is 2.27. The van der Waals surface area contributed by atoms with Gasteiger partial charge in [-0.05, 0) is 31.1 Å². The number of nitrogens with zero attached hydrogens (tertiary/aromatic N) is 2. The van der Waals surface area contributed by atoms with Crippen LogP contribution in [0.25, 0.3) is 0 Å². The Bertz CT molecular complexity index is 445. The van der Waals surface area contributed by atoms with Gasteiger partial charge in [0.15, 0.2) is 0 Å². The van der Waals surface area contributed by atoms with Crippen LogP contribution in [0, 0.1) is 5.41 Å². The van der Waals surface area contributed by atoms with Gasteiger partial charge in [-0.15, -0.1) is 0 Å². The summed E-state index contributed by atoms with van der Waals surface area (Å²) in [5.74, 6) is 8.29. The maximum Gasteiger partial charge on any atom is 0.145 e. The fourth-order valence-corrected chi connectivity index (χ4v) is 2.13. The number of nitrogens with two attached hydrogens (primary N) is 1. The normalized spacial score (nSPS) is 15.2. The van der Waals surface area contributed by atoms with E-state index < -0.39 is 0 Å². The number of aromatic nitrogens is 2. The van der Waals surface area contributed by atoms with Crippen LogP contribution in [0.3, 0.4) is 0 Å². The Morgan fingerprint density at radius 2 is 2.05 bits per heavy atom. The fourth-order valence-electron chi connectivity index (χ4n) is 2.13. The smallest absolute Gasteiger partial charge is 0.145 e. The monoisotopic (exact) mass is 279 g/mol. The van der Waals surface area contributed by atoms with Crippen LogP contribution in [-0.2, 0) is 0 Å². The van der Waals surface area contributed by atoms with Crippen molar-refractivity contribution in [3.8, 4) is 0 Å². The summed E-state index contributed by atoms with van der Waals surface area (Å²) >= 11 is 0. The van der Waals surface area contributed by atoms with Gasteiger partial charge in [0.25, 0.3) is 0 Å². The number of hydrogen-bond donors (Lipinski definition) is 4. The van der Waals surface area contributed by atoms with Crippen LogP contribution in [0.15, 0.2) is 6.07 Å². The number of nitrogen functional groups attached to an aromatic ring is 1. The van der Waals surface area contributed by atoms with Crippen molar-refractivity contribution in [3.63, 3.8) is 0 Å². The minimum atomic E-state index is 0.115. The quantitative estimate of drug-likeness (QED) is 0.428. The molecule has 1 aliphatic carbocycles. The van der Waals surface area contributed by atoms with E-state index in [0.29, 0.717) is 11.7 Å². The van der Waals surface area contributed by atoms with Crippen LogP contribution in [-0.4, -0.2) is 28.2 Å². The lowest BCUT2D eigenvalue weighted by Crippen LogP contribution is -2.24. The molecule has 112 valence electrons. The van der Waals surface area contributed by atoms with Crippen molar-refractivity contribution in [1.29, 1.82) is 0 Å². The van der Waals surface area contributed by atoms with Gasteiger partial charge in [-0.1, -0.05) is 13.8 Å². The Morgan fingerprint density at radius 1 is 1.35 bits per heavy atom. The average Bonchev–Trinajstić information content (AvgIpc) is 3.27. The average molecular weight is 279 g/mol. The van der Waals surface area contributed by atoms with E-state index in [0.717, 1.165) is 43.9 Å². The largest absolute Gasteiger partial charge is 0.396 e. The summed E-state index contributed by atoms with van der Waals surface area (Å²) in [5, 5.41) is 12.3. The molecule has 0 aromatic carbocycles. The Kier molecular flexibility index (Phi) is 4.77. The first kappa shape index (κ1) is 15.0. The first-order valence-corrected chi connectivity index (χ1v) is 7.24. The topological polar surface area (TPSA) is 96.1 Å². The molecule has 0 atom stereocenters. The molecule has 1 fully saturated rings. The zero-order chi connectivity index (χ0) is 14.6. The second-order valence-corrected chi connectivity index (χ2v) is 6.26. The molecule has 0 aliphatic heterocycles. The van der Waals surface area contributed by atoms with Crippen LogP contribution < -0.4 is 16.6 Å². The third-order valence-electron chi connectivity index (χ3n) is 3.59. The first-order chi connectivity index (χ1) is 9.54. The molecule has 2 rings (SSSR count). The number of rotatable bonds is 8. The molecule has 0 amide bonds. The van der Waals surface area contributed by atoms with Crippen LogP contribution in [0.1, 0.15) is 51.3 Å². The number of nitrogens with one attached hydrogen (secondary N) is 2. The fraction of sp³-hybridized carbons (Fsp3) is 0.714. The lowest BCUT2D eigenvalue weighted by atomic mass is 9.88. The minimum absolute atomic E-state index is 0.115. The Hall–Kier alpha value is -1.40.